The van der Waals surface area contributed by atoms with Gasteiger partial charge in [0.05, 0.1) is 5.56 Å². The number of amides is 3. The van der Waals surface area contributed by atoms with Crippen LogP contribution in [0.3, 0.4) is 0 Å². The molecule has 1 unspecified atom stereocenters. The van der Waals surface area contributed by atoms with Gasteiger partial charge in [-0.15, -0.1) is 0 Å². The van der Waals surface area contributed by atoms with Gasteiger partial charge in [-0.25, -0.2) is 8.78 Å². The average molecular weight is 491 g/mol. The van der Waals surface area contributed by atoms with E-state index in [9.17, 15) is 23.2 Å². The SMILES string of the molecule is CC(=O)N[C@@H]1CC2CC[C@H](C1)N2C(=O)C(F)(F)c1cc(C(=O)Nc2ccc(F)c(C)c2)ccc1F. The maximum Gasteiger partial charge on any atom is 0.352 e. The molecular weight excluding hydrogens is 466 g/mol. The van der Waals surface area contributed by atoms with Crippen LogP contribution >= 0.6 is 0 Å². The zero-order valence-electron chi connectivity index (χ0n) is 19.2. The number of benzene rings is 2. The van der Waals surface area contributed by atoms with E-state index in [0.717, 1.165) is 23.1 Å². The molecular formula is C25H25F4N3O3. The molecule has 2 aliphatic heterocycles. The second-order valence-electron chi connectivity index (χ2n) is 9.15. The van der Waals surface area contributed by atoms with Crippen LogP contribution in [0.5, 0.6) is 0 Å². The molecule has 3 atom stereocenters. The van der Waals surface area contributed by atoms with Crippen LogP contribution < -0.4 is 10.6 Å². The Labute approximate surface area is 199 Å². The van der Waals surface area contributed by atoms with Crippen LogP contribution in [0, 0.1) is 18.6 Å². The summed E-state index contributed by atoms with van der Waals surface area (Å²) >= 11 is 0. The Morgan fingerprint density at radius 2 is 1.60 bits per heavy atom. The van der Waals surface area contributed by atoms with Crippen LogP contribution in [0.2, 0.25) is 0 Å². The lowest BCUT2D eigenvalue weighted by atomic mass is 9.95. The van der Waals surface area contributed by atoms with E-state index in [4.69, 9.17) is 0 Å². The molecule has 0 saturated carbocycles. The van der Waals surface area contributed by atoms with Crippen molar-refractivity contribution in [2.75, 3.05) is 5.32 Å². The van der Waals surface area contributed by atoms with Crippen molar-refractivity contribution in [3.05, 3.63) is 64.7 Å². The molecule has 2 aliphatic rings. The number of piperidine rings is 1. The van der Waals surface area contributed by atoms with Crippen LogP contribution in [0.1, 0.15) is 54.1 Å². The van der Waals surface area contributed by atoms with Crippen molar-refractivity contribution in [2.45, 2.75) is 63.6 Å². The van der Waals surface area contributed by atoms with E-state index >= 15 is 8.78 Å². The summed E-state index contributed by atoms with van der Waals surface area (Å²) in [6.07, 6.45) is 1.73. The molecule has 0 aliphatic carbocycles. The third-order valence-corrected chi connectivity index (χ3v) is 6.63. The molecule has 2 heterocycles. The van der Waals surface area contributed by atoms with Gasteiger partial charge in [-0.3, -0.25) is 14.4 Å². The second-order valence-corrected chi connectivity index (χ2v) is 9.15. The molecule has 35 heavy (non-hydrogen) atoms. The highest BCUT2D eigenvalue weighted by atomic mass is 19.3. The zero-order valence-corrected chi connectivity index (χ0v) is 19.2. The van der Waals surface area contributed by atoms with Gasteiger partial charge in [-0.2, -0.15) is 8.78 Å². The Kier molecular flexibility index (Phi) is 6.57. The van der Waals surface area contributed by atoms with E-state index in [-0.39, 0.29) is 28.8 Å². The number of carbonyl (C=O) groups is 3. The van der Waals surface area contributed by atoms with Gasteiger partial charge in [0.25, 0.3) is 11.8 Å². The molecule has 186 valence electrons. The number of hydrogen-bond donors (Lipinski definition) is 2. The lowest BCUT2D eigenvalue weighted by molar-refractivity contribution is -0.164. The summed E-state index contributed by atoms with van der Waals surface area (Å²) in [4.78, 5) is 38.1. The van der Waals surface area contributed by atoms with Crippen LogP contribution in [0.25, 0.3) is 0 Å². The first-order valence-corrected chi connectivity index (χ1v) is 11.3. The van der Waals surface area contributed by atoms with E-state index in [1.54, 1.807) is 0 Å². The molecule has 2 aromatic rings. The van der Waals surface area contributed by atoms with Gasteiger partial charge in [0.15, 0.2) is 0 Å². The molecule has 0 radical (unpaired) electrons. The smallest absolute Gasteiger partial charge is 0.352 e. The van der Waals surface area contributed by atoms with E-state index in [1.807, 2.05) is 0 Å². The monoisotopic (exact) mass is 491 g/mol. The highest BCUT2D eigenvalue weighted by Crippen LogP contribution is 2.41. The van der Waals surface area contributed by atoms with Crippen molar-refractivity contribution in [2.24, 2.45) is 0 Å². The highest BCUT2D eigenvalue weighted by Gasteiger charge is 2.53. The van der Waals surface area contributed by atoms with Crippen LogP contribution in [0.4, 0.5) is 23.2 Å². The first-order chi connectivity index (χ1) is 16.5. The van der Waals surface area contributed by atoms with Gasteiger partial charge in [0.2, 0.25) is 5.91 Å². The van der Waals surface area contributed by atoms with Crippen LogP contribution in [0.15, 0.2) is 36.4 Å². The average Bonchev–Trinajstić information content (AvgIpc) is 3.05. The predicted octanol–water partition coefficient (Wildman–Crippen LogP) is 4.28. The summed E-state index contributed by atoms with van der Waals surface area (Å²) in [6.45, 7) is 2.87. The number of carbonyl (C=O) groups excluding carboxylic acids is 3. The summed E-state index contributed by atoms with van der Waals surface area (Å²) in [5, 5.41) is 5.24. The molecule has 0 spiro atoms. The Morgan fingerprint density at radius 1 is 0.971 bits per heavy atom. The van der Waals surface area contributed by atoms with E-state index in [1.165, 1.54) is 26.0 Å². The first kappa shape index (κ1) is 24.7. The number of aryl methyl sites for hydroxylation is 1. The Balaban J connectivity index is 1.55. The van der Waals surface area contributed by atoms with Gasteiger partial charge in [-0.1, -0.05) is 0 Å². The molecule has 3 amide bonds. The third-order valence-electron chi connectivity index (χ3n) is 6.63. The Bertz CT molecular complexity index is 1170. The second kappa shape index (κ2) is 9.31. The number of nitrogens with zero attached hydrogens (tertiary/aromatic N) is 1. The van der Waals surface area contributed by atoms with Gasteiger partial charge in [-0.05, 0) is 74.6 Å². The molecule has 6 nitrogen and oxygen atoms in total. The number of hydrogen-bond acceptors (Lipinski definition) is 3. The summed E-state index contributed by atoms with van der Waals surface area (Å²) in [7, 11) is 0. The molecule has 0 aromatic heterocycles. The minimum Gasteiger partial charge on any atom is -0.353 e. The van der Waals surface area contributed by atoms with Crippen LogP contribution in [-0.2, 0) is 15.5 Å². The number of alkyl halides is 2. The van der Waals surface area contributed by atoms with Gasteiger partial charge in [0, 0.05) is 36.3 Å². The maximum atomic E-state index is 15.4. The Hall–Kier alpha value is -3.43. The van der Waals surface area contributed by atoms with E-state index in [2.05, 4.69) is 10.6 Å². The summed E-state index contributed by atoms with van der Waals surface area (Å²) in [5.74, 6) is -8.53. The topological polar surface area (TPSA) is 78.5 Å². The van der Waals surface area contributed by atoms with Crippen molar-refractivity contribution in [1.29, 1.82) is 0 Å². The fourth-order valence-corrected chi connectivity index (χ4v) is 5.02. The van der Waals surface area contributed by atoms with Crippen molar-refractivity contribution in [3.63, 3.8) is 0 Å². The van der Waals surface area contributed by atoms with Gasteiger partial charge < -0.3 is 15.5 Å². The highest BCUT2D eigenvalue weighted by molar-refractivity contribution is 6.04. The van der Waals surface area contributed by atoms with E-state index in [0.29, 0.717) is 31.7 Å². The molecule has 2 saturated heterocycles. The molecule has 2 aromatic carbocycles. The van der Waals surface area contributed by atoms with Crippen molar-refractivity contribution in [3.8, 4) is 0 Å². The molecule has 2 bridgehead atoms. The summed E-state index contributed by atoms with van der Waals surface area (Å²) in [5.41, 5.74) is -0.949. The molecule has 2 N–H and O–H groups in total. The maximum absolute atomic E-state index is 15.4. The van der Waals surface area contributed by atoms with Crippen molar-refractivity contribution < 1.29 is 31.9 Å². The molecule has 10 heteroatoms. The quantitative estimate of drug-likeness (QED) is 0.613. The summed E-state index contributed by atoms with van der Waals surface area (Å²) in [6, 6.07) is 5.08. The Morgan fingerprint density at radius 3 is 2.20 bits per heavy atom. The number of halogens is 4. The fraction of sp³-hybridized carbons (Fsp3) is 0.400. The molecule has 4 rings (SSSR count). The fourth-order valence-electron chi connectivity index (χ4n) is 5.02. The summed E-state index contributed by atoms with van der Waals surface area (Å²) < 4.78 is 58.7. The zero-order chi connectivity index (χ0) is 25.5. The normalized spacial score (nSPS) is 21.5. The first-order valence-electron chi connectivity index (χ1n) is 11.3. The molecule has 2 fully saturated rings. The minimum atomic E-state index is -4.20. The minimum absolute atomic E-state index is 0.207. The number of fused-ring (bicyclic) bond motifs is 2. The number of rotatable bonds is 5. The number of anilines is 1. The largest absolute Gasteiger partial charge is 0.353 e. The van der Waals surface area contributed by atoms with E-state index < -0.39 is 47.0 Å². The van der Waals surface area contributed by atoms with Gasteiger partial charge >= 0.3 is 5.92 Å². The van der Waals surface area contributed by atoms with Crippen molar-refractivity contribution >= 4 is 23.4 Å². The predicted molar refractivity (Wildman–Crippen MR) is 120 cm³/mol. The number of nitrogens with one attached hydrogen (secondary N) is 2. The van der Waals surface area contributed by atoms with Crippen LogP contribution in [-0.4, -0.2) is 40.7 Å². The standard InChI is InChI=1S/C25H25F4N3O3/c1-13-9-16(4-8-21(13)26)31-23(34)15-3-7-22(27)20(10-15)25(28,29)24(35)32-18-5-6-19(32)12-17(11-18)30-14(2)33/h3-4,7-10,17-19H,5-6,11-12H2,1-2H3,(H,30,33)(H,31,34)/t17-,18+,19?/m0/s1. The van der Waals surface area contributed by atoms with Crippen molar-refractivity contribution in [1.82, 2.24) is 10.2 Å². The lowest BCUT2D eigenvalue weighted by Gasteiger charge is -2.40. The van der Waals surface area contributed by atoms with Gasteiger partial charge in [0.1, 0.15) is 11.6 Å². The third kappa shape index (κ3) is 4.87. The lowest BCUT2D eigenvalue weighted by Crippen LogP contribution is -2.55.